The maximum absolute atomic E-state index is 11.6. The molecule has 20 heavy (non-hydrogen) atoms. The minimum Gasteiger partial charge on any atom is -0.355 e. The van der Waals surface area contributed by atoms with Crippen molar-refractivity contribution >= 4 is 29.0 Å². The lowest BCUT2D eigenvalue weighted by molar-refractivity contribution is -0.385. The van der Waals surface area contributed by atoms with E-state index in [1.54, 1.807) is 0 Å². The van der Waals surface area contributed by atoms with Gasteiger partial charge < -0.3 is 10.6 Å². The molecule has 0 fully saturated rings. The van der Waals surface area contributed by atoms with Crippen molar-refractivity contribution in [3.05, 3.63) is 21.1 Å². The summed E-state index contributed by atoms with van der Waals surface area (Å²) in [7, 11) is 0. The van der Waals surface area contributed by atoms with Crippen LogP contribution in [0.5, 0.6) is 0 Å². The summed E-state index contributed by atoms with van der Waals surface area (Å²) in [6.07, 6.45) is 0. The summed E-state index contributed by atoms with van der Waals surface area (Å²) >= 11 is 5.66. The Kier molecular flexibility index (Phi) is 5.63. The van der Waals surface area contributed by atoms with Gasteiger partial charge in [0.1, 0.15) is 5.69 Å². The summed E-state index contributed by atoms with van der Waals surface area (Å²) in [6.45, 7) is 5.79. The van der Waals surface area contributed by atoms with Crippen LogP contribution in [0, 0.1) is 23.0 Å². The van der Waals surface area contributed by atoms with Gasteiger partial charge in [0, 0.05) is 6.54 Å². The topological polar surface area (TPSA) is 110 Å². The summed E-state index contributed by atoms with van der Waals surface area (Å²) in [6, 6.07) is 0. The predicted molar refractivity (Wildman–Crippen MR) is 74.8 cm³/mol. The van der Waals surface area contributed by atoms with Crippen molar-refractivity contribution < 1.29 is 9.72 Å². The van der Waals surface area contributed by atoms with Gasteiger partial charge in [-0.3, -0.25) is 14.9 Å². The monoisotopic (exact) mass is 301 g/mol. The van der Waals surface area contributed by atoms with Crippen molar-refractivity contribution in [2.45, 2.75) is 20.8 Å². The first-order valence-corrected chi connectivity index (χ1v) is 6.38. The average molecular weight is 302 g/mol. The Morgan fingerprint density at radius 3 is 2.65 bits per heavy atom. The van der Waals surface area contributed by atoms with Crippen molar-refractivity contribution in [3.8, 4) is 0 Å². The zero-order valence-electron chi connectivity index (χ0n) is 11.4. The Balaban J connectivity index is 2.77. The van der Waals surface area contributed by atoms with Gasteiger partial charge in [0.15, 0.2) is 0 Å². The minimum atomic E-state index is -0.611. The summed E-state index contributed by atoms with van der Waals surface area (Å²) < 4.78 is 0. The molecule has 0 radical (unpaired) electrons. The van der Waals surface area contributed by atoms with Crippen LogP contribution in [0.25, 0.3) is 0 Å². The molecule has 1 amide bonds. The molecular weight excluding hydrogens is 286 g/mol. The largest absolute Gasteiger partial charge is 0.355 e. The molecule has 0 saturated heterocycles. The average Bonchev–Trinajstić information content (AvgIpc) is 2.32. The number of amides is 1. The molecule has 1 heterocycles. The molecule has 9 heteroatoms. The molecule has 0 aliphatic heterocycles. The van der Waals surface area contributed by atoms with Gasteiger partial charge in [0.2, 0.25) is 17.0 Å². The van der Waals surface area contributed by atoms with Crippen LogP contribution in [0.2, 0.25) is 5.28 Å². The number of carbonyl (C=O) groups is 1. The zero-order chi connectivity index (χ0) is 15.3. The number of hydrogen-bond donors (Lipinski definition) is 2. The van der Waals surface area contributed by atoms with Crippen molar-refractivity contribution in [3.63, 3.8) is 0 Å². The number of rotatable bonds is 6. The molecule has 0 spiro atoms. The molecule has 1 rings (SSSR count). The lowest BCUT2D eigenvalue weighted by Crippen LogP contribution is -2.32. The van der Waals surface area contributed by atoms with E-state index < -0.39 is 4.92 Å². The molecular formula is C11H16ClN5O3. The SMILES string of the molecule is Cc1nc(Cl)nc(NCC(=O)NCC(C)C)c1[N+](=O)[O-]. The number of aryl methyl sites for hydroxylation is 1. The van der Waals surface area contributed by atoms with Gasteiger partial charge in [-0.1, -0.05) is 13.8 Å². The molecule has 0 aromatic carbocycles. The summed E-state index contributed by atoms with van der Waals surface area (Å²) in [5.74, 6) is -0.0170. The van der Waals surface area contributed by atoms with Crippen molar-refractivity contribution in [2.75, 3.05) is 18.4 Å². The maximum atomic E-state index is 11.6. The first-order chi connectivity index (χ1) is 9.31. The quantitative estimate of drug-likeness (QED) is 0.468. The van der Waals surface area contributed by atoms with Crippen LogP contribution >= 0.6 is 11.6 Å². The van der Waals surface area contributed by atoms with Gasteiger partial charge in [-0.15, -0.1) is 0 Å². The molecule has 2 N–H and O–H groups in total. The van der Waals surface area contributed by atoms with E-state index >= 15 is 0 Å². The summed E-state index contributed by atoms with van der Waals surface area (Å²) in [5, 5.41) is 16.1. The predicted octanol–water partition coefficient (Wildman–Crippen LogP) is 1.53. The van der Waals surface area contributed by atoms with E-state index in [9.17, 15) is 14.9 Å². The smallest absolute Gasteiger partial charge is 0.332 e. The van der Waals surface area contributed by atoms with Crippen LogP contribution in [0.3, 0.4) is 0 Å². The maximum Gasteiger partial charge on any atom is 0.332 e. The van der Waals surface area contributed by atoms with Gasteiger partial charge in [0.25, 0.3) is 0 Å². The fourth-order valence-electron chi connectivity index (χ4n) is 1.42. The molecule has 0 bridgehead atoms. The van der Waals surface area contributed by atoms with Crippen LogP contribution < -0.4 is 10.6 Å². The van der Waals surface area contributed by atoms with E-state index in [4.69, 9.17) is 11.6 Å². The van der Waals surface area contributed by atoms with Crippen LogP contribution in [0.1, 0.15) is 19.5 Å². The molecule has 8 nitrogen and oxygen atoms in total. The second-order valence-corrected chi connectivity index (χ2v) is 4.92. The highest BCUT2D eigenvalue weighted by Crippen LogP contribution is 2.26. The van der Waals surface area contributed by atoms with Crippen molar-refractivity contribution in [1.29, 1.82) is 0 Å². The summed E-state index contributed by atoms with van der Waals surface area (Å²) in [5.41, 5.74) is -0.147. The molecule has 1 aromatic heterocycles. The van der Waals surface area contributed by atoms with Crippen LogP contribution in [-0.4, -0.2) is 33.9 Å². The van der Waals surface area contributed by atoms with Crippen molar-refractivity contribution in [2.24, 2.45) is 5.92 Å². The Labute approximate surface area is 121 Å². The molecule has 1 aromatic rings. The first-order valence-electron chi connectivity index (χ1n) is 6.00. The van der Waals surface area contributed by atoms with Gasteiger partial charge >= 0.3 is 5.69 Å². The van der Waals surface area contributed by atoms with Gasteiger partial charge in [-0.2, -0.15) is 4.98 Å². The number of nitrogens with zero attached hydrogens (tertiary/aromatic N) is 3. The Bertz CT molecular complexity index is 521. The Hall–Kier alpha value is -1.96. The zero-order valence-corrected chi connectivity index (χ0v) is 12.2. The first kappa shape index (κ1) is 16.1. The third-order valence-electron chi connectivity index (χ3n) is 2.34. The number of carbonyl (C=O) groups excluding carboxylic acids is 1. The standard InChI is InChI=1S/C11H16ClN5O3/c1-6(2)4-13-8(18)5-14-10-9(17(19)20)7(3)15-11(12)16-10/h6H,4-5H2,1-3H3,(H,13,18)(H,14,15,16). The highest BCUT2D eigenvalue weighted by Gasteiger charge is 2.21. The fourth-order valence-corrected chi connectivity index (χ4v) is 1.63. The lowest BCUT2D eigenvalue weighted by Gasteiger charge is -2.09. The van der Waals surface area contributed by atoms with Gasteiger partial charge in [-0.05, 0) is 24.4 Å². The van der Waals surface area contributed by atoms with E-state index in [1.165, 1.54) is 6.92 Å². The fraction of sp³-hybridized carbons (Fsp3) is 0.545. The van der Waals surface area contributed by atoms with E-state index in [1.807, 2.05) is 13.8 Å². The number of nitro groups is 1. The molecule has 0 unspecified atom stereocenters. The molecule has 0 aliphatic carbocycles. The van der Waals surface area contributed by atoms with E-state index in [0.717, 1.165) is 0 Å². The molecule has 110 valence electrons. The van der Waals surface area contributed by atoms with E-state index in [-0.39, 0.29) is 34.9 Å². The third-order valence-corrected chi connectivity index (χ3v) is 2.51. The van der Waals surface area contributed by atoms with Crippen LogP contribution in [-0.2, 0) is 4.79 Å². The van der Waals surface area contributed by atoms with Crippen molar-refractivity contribution in [1.82, 2.24) is 15.3 Å². The molecule has 0 atom stereocenters. The Morgan fingerprint density at radius 2 is 2.10 bits per heavy atom. The van der Waals surface area contributed by atoms with E-state index in [0.29, 0.717) is 12.5 Å². The number of aromatic nitrogens is 2. The number of nitrogens with one attached hydrogen (secondary N) is 2. The number of halogens is 1. The normalized spacial score (nSPS) is 10.4. The van der Waals surface area contributed by atoms with Gasteiger partial charge in [0.05, 0.1) is 11.5 Å². The Morgan fingerprint density at radius 1 is 1.45 bits per heavy atom. The second kappa shape index (κ2) is 6.99. The lowest BCUT2D eigenvalue weighted by atomic mass is 10.2. The highest BCUT2D eigenvalue weighted by molar-refractivity contribution is 6.28. The van der Waals surface area contributed by atoms with Crippen LogP contribution in [0.4, 0.5) is 11.5 Å². The van der Waals surface area contributed by atoms with Gasteiger partial charge in [-0.25, -0.2) is 4.98 Å². The summed E-state index contributed by atoms with van der Waals surface area (Å²) in [4.78, 5) is 29.4. The van der Waals surface area contributed by atoms with E-state index in [2.05, 4.69) is 20.6 Å². The second-order valence-electron chi connectivity index (χ2n) is 4.58. The number of hydrogen-bond acceptors (Lipinski definition) is 6. The minimum absolute atomic E-state index is 0.0628. The highest BCUT2D eigenvalue weighted by atomic mass is 35.5. The van der Waals surface area contributed by atoms with Crippen LogP contribution in [0.15, 0.2) is 0 Å². The number of anilines is 1. The molecule has 0 saturated carbocycles. The third kappa shape index (κ3) is 4.61. The molecule has 0 aliphatic rings.